The molecule has 5 nitrogen and oxygen atoms in total. The molecule has 0 aliphatic rings. The highest BCUT2D eigenvalue weighted by atomic mass is 16.5. The Morgan fingerprint density at radius 2 is 1.47 bits per heavy atom. The second-order valence-corrected chi connectivity index (χ2v) is 8.34. The van der Waals surface area contributed by atoms with Crippen LogP contribution in [0, 0.1) is 5.92 Å². The van der Waals surface area contributed by atoms with Crippen LogP contribution in [0.3, 0.4) is 0 Å². The fourth-order valence-electron chi connectivity index (χ4n) is 3.25. The SMILES string of the molecule is CC(C)COc1ccccc1-c1ccc(O)cc1/C=C/C(=O)CC(=O)/C=C/c1ccc(O)cc1. The Bertz CT molecular complexity index is 1200. The van der Waals surface area contributed by atoms with E-state index < -0.39 is 0 Å². The Morgan fingerprint density at radius 1 is 0.824 bits per heavy atom. The predicted octanol–water partition coefficient (Wildman–Crippen LogP) is 6.05. The van der Waals surface area contributed by atoms with Crippen molar-refractivity contribution in [1.29, 1.82) is 0 Å². The fourth-order valence-corrected chi connectivity index (χ4v) is 3.25. The van der Waals surface area contributed by atoms with E-state index in [4.69, 9.17) is 4.74 Å². The monoisotopic (exact) mass is 456 g/mol. The van der Waals surface area contributed by atoms with Gasteiger partial charge in [-0.25, -0.2) is 0 Å². The van der Waals surface area contributed by atoms with E-state index in [1.807, 2.05) is 24.3 Å². The average Bonchev–Trinajstić information content (AvgIpc) is 2.81. The van der Waals surface area contributed by atoms with Gasteiger partial charge in [0.25, 0.3) is 0 Å². The summed E-state index contributed by atoms with van der Waals surface area (Å²) in [6, 6.07) is 19.0. The topological polar surface area (TPSA) is 83.8 Å². The third kappa shape index (κ3) is 7.20. The van der Waals surface area contributed by atoms with Gasteiger partial charge in [-0.05, 0) is 71.2 Å². The summed E-state index contributed by atoms with van der Waals surface area (Å²) in [5.74, 6) is 0.627. The second-order valence-electron chi connectivity index (χ2n) is 8.34. The molecule has 2 N–H and O–H groups in total. The van der Waals surface area contributed by atoms with E-state index in [1.54, 1.807) is 42.5 Å². The first kappa shape index (κ1) is 24.5. The number of hydrogen-bond acceptors (Lipinski definition) is 5. The van der Waals surface area contributed by atoms with Gasteiger partial charge in [-0.15, -0.1) is 0 Å². The molecule has 0 aromatic heterocycles. The summed E-state index contributed by atoms with van der Waals surface area (Å²) in [5.41, 5.74) is 3.04. The molecule has 0 radical (unpaired) electrons. The summed E-state index contributed by atoms with van der Waals surface area (Å²) >= 11 is 0. The van der Waals surface area contributed by atoms with E-state index in [-0.39, 0.29) is 29.5 Å². The number of para-hydroxylation sites is 1. The van der Waals surface area contributed by atoms with Crippen LogP contribution in [0.2, 0.25) is 0 Å². The first-order valence-corrected chi connectivity index (χ1v) is 11.1. The van der Waals surface area contributed by atoms with Crippen molar-refractivity contribution in [3.8, 4) is 28.4 Å². The van der Waals surface area contributed by atoms with Gasteiger partial charge >= 0.3 is 0 Å². The average molecular weight is 457 g/mol. The number of ketones is 2. The molecule has 3 rings (SSSR count). The molecule has 3 aromatic rings. The highest BCUT2D eigenvalue weighted by Gasteiger charge is 2.11. The molecule has 0 aliphatic heterocycles. The van der Waals surface area contributed by atoms with Crippen molar-refractivity contribution in [2.24, 2.45) is 5.92 Å². The number of phenols is 2. The number of allylic oxidation sites excluding steroid dienone is 2. The van der Waals surface area contributed by atoms with Crippen molar-refractivity contribution in [3.05, 3.63) is 90.0 Å². The minimum absolute atomic E-state index is 0.0735. The minimum atomic E-state index is -0.348. The van der Waals surface area contributed by atoms with Gasteiger partial charge in [0.05, 0.1) is 13.0 Å². The third-order valence-corrected chi connectivity index (χ3v) is 4.94. The number of carbonyl (C=O) groups excluding carboxylic acids is 2. The van der Waals surface area contributed by atoms with Gasteiger partial charge in [0.15, 0.2) is 11.6 Å². The normalized spacial score (nSPS) is 11.4. The van der Waals surface area contributed by atoms with E-state index in [9.17, 15) is 19.8 Å². The molecule has 0 fully saturated rings. The van der Waals surface area contributed by atoms with Crippen LogP contribution in [0.15, 0.2) is 78.9 Å². The summed E-state index contributed by atoms with van der Waals surface area (Å²) in [5, 5.41) is 19.3. The molecule has 34 heavy (non-hydrogen) atoms. The Balaban J connectivity index is 1.75. The van der Waals surface area contributed by atoms with Crippen LogP contribution in [0.1, 0.15) is 31.4 Å². The van der Waals surface area contributed by atoms with Crippen molar-refractivity contribution < 1.29 is 24.5 Å². The lowest BCUT2D eigenvalue weighted by Crippen LogP contribution is -2.05. The molecule has 0 atom stereocenters. The summed E-state index contributed by atoms with van der Waals surface area (Å²) < 4.78 is 5.97. The van der Waals surface area contributed by atoms with Crippen molar-refractivity contribution in [3.63, 3.8) is 0 Å². The van der Waals surface area contributed by atoms with Crippen molar-refractivity contribution in [2.45, 2.75) is 20.3 Å². The molecule has 5 heteroatoms. The van der Waals surface area contributed by atoms with Gasteiger partial charge in [-0.3, -0.25) is 9.59 Å². The van der Waals surface area contributed by atoms with Crippen molar-refractivity contribution >= 4 is 23.7 Å². The fraction of sp³-hybridized carbons (Fsp3) is 0.172. The lowest BCUT2D eigenvalue weighted by molar-refractivity contribution is -0.121. The van der Waals surface area contributed by atoms with E-state index in [0.29, 0.717) is 18.1 Å². The molecule has 3 aromatic carbocycles. The highest BCUT2D eigenvalue weighted by Crippen LogP contribution is 2.35. The maximum absolute atomic E-state index is 12.4. The second kappa shape index (κ2) is 11.7. The van der Waals surface area contributed by atoms with E-state index in [0.717, 1.165) is 22.4 Å². The van der Waals surface area contributed by atoms with Crippen molar-refractivity contribution in [1.82, 2.24) is 0 Å². The standard InChI is InChI=1S/C29H28O5/c1-20(2)19-34-29-6-4-3-5-28(29)27-16-15-24(31)17-22(27)10-14-26(33)18-25(32)13-9-21-7-11-23(30)12-8-21/h3-17,20,30-31H,18-19H2,1-2H3/b13-9+,14-10+. The number of carbonyl (C=O) groups is 2. The van der Waals surface area contributed by atoms with Crippen LogP contribution in [0.4, 0.5) is 0 Å². The third-order valence-electron chi connectivity index (χ3n) is 4.94. The smallest absolute Gasteiger partial charge is 0.163 e. The Hall–Kier alpha value is -4.12. The molecule has 0 saturated heterocycles. The number of hydrogen-bond donors (Lipinski definition) is 2. The molecule has 0 saturated carbocycles. The Labute approximate surface area is 199 Å². The van der Waals surface area contributed by atoms with E-state index >= 15 is 0 Å². The molecule has 0 unspecified atom stereocenters. The number of rotatable bonds is 10. The summed E-state index contributed by atoms with van der Waals surface area (Å²) in [6.07, 6.45) is 5.63. The van der Waals surface area contributed by atoms with Crippen LogP contribution in [0.5, 0.6) is 17.2 Å². The zero-order valence-corrected chi connectivity index (χ0v) is 19.3. The van der Waals surface area contributed by atoms with Crippen LogP contribution < -0.4 is 4.74 Å². The summed E-state index contributed by atoms with van der Waals surface area (Å²) in [6.45, 7) is 4.72. The summed E-state index contributed by atoms with van der Waals surface area (Å²) in [7, 11) is 0. The highest BCUT2D eigenvalue weighted by molar-refractivity contribution is 6.11. The maximum atomic E-state index is 12.4. The molecular weight excluding hydrogens is 428 g/mol. The predicted molar refractivity (Wildman–Crippen MR) is 135 cm³/mol. The number of benzene rings is 3. The Morgan fingerprint density at radius 3 is 2.18 bits per heavy atom. The van der Waals surface area contributed by atoms with Gasteiger partial charge in [0.2, 0.25) is 0 Å². The van der Waals surface area contributed by atoms with Crippen LogP contribution in [-0.4, -0.2) is 28.4 Å². The van der Waals surface area contributed by atoms with E-state index in [2.05, 4.69) is 13.8 Å². The summed E-state index contributed by atoms with van der Waals surface area (Å²) in [4.78, 5) is 24.6. The lowest BCUT2D eigenvalue weighted by atomic mass is 9.97. The minimum Gasteiger partial charge on any atom is -0.508 e. The van der Waals surface area contributed by atoms with E-state index in [1.165, 1.54) is 24.3 Å². The van der Waals surface area contributed by atoms with Gasteiger partial charge in [-0.1, -0.05) is 56.3 Å². The molecule has 0 bridgehead atoms. The molecule has 0 amide bonds. The molecule has 0 heterocycles. The van der Waals surface area contributed by atoms with Gasteiger partial charge in [0, 0.05) is 5.56 Å². The van der Waals surface area contributed by atoms with Crippen molar-refractivity contribution in [2.75, 3.05) is 6.61 Å². The number of aromatic hydroxyl groups is 2. The molecular formula is C29H28O5. The molecule has 174 valence electrons. The Kier molecular flexibility index (Phi) is 8.41. The van der Waals surface area contributed by atoms with Crippen LogP contribution >= 0.6 is 0 Å². The quantitative estimate of drug-likeness (QED) is 0.286. The first-order chi connectivity index (χ1) is 16.3. The molecule has 0 spiro atoms. The maximum Gasteiger partial charge on any atom is 0.163 e. The first-order valence-electron chi connectivity index (χ1n) is 11.1. The van der Waals surface area contributed by atoms with Crippen LogP contribution in [0.25, 0.3) is 23.3 Å². The zero-order valence-electron chi connectivity index (χ0n) is 19.3. The molecule has 0 aliphatic carbocycles. The van der Waals surface area contributed by atoms with Gasteiger partial charge in [0.1, 0.15) is 17.2 Å². The lowest BCUT2D eigenvalue weighted by Gasteiger charge is -2.15. The van der Waals surface area contributed by atoms with Gasteiger partial charge in [-0.2, -0.15) is 0 Å². The van der Waals surface area contributed by atoms with Crippen LogP contribution in [-0.2, 0) is 9.59 Å². The largest absolute Gasteiger partial charge is 0.508 e. The van der Waals surface area contributed by atoms with Gasteiger partial charge < -0.3 is 14.9 Å². The number of phenolic OH excluding ortho intramolecular Hbond substituents is 2. The number of ether oxygens (including phenoxy) is 1. The zero-order chi connectivity index (χ0) is 24.5.